The molecule has 0 amide bonds. The van der Waals surface area contributed by atoms with Crippen LogP contribution in [0.3, 0.4) is 0 Å². The molecule has 6 bridgehead atoms. The minimum Gasteiger partial charge on any atom is -0.308 e. The van der Waals surface area contributed by atoms with E-state index in [1.165, 1.54) is 146 Å². The van der Waals surface area contributed by atoms with Crippen molar-refractivity contribution in [2.24, 2.45) is 11.8 Å². The third-order valence-electron chi connectivity index (χ3n) is 16.1. The lowest BCUT2D eigenvalue weighted by atomic mass is 9.65. The van der Waals surface area contributed by atoms with Crippen molar-refractivity contribution in [1.29, 1.82) is 5.26 Å². The highest BCUT2D eigenvalue weighted by atomic mass is 14.9. The Morgan fingerprint density at radius 3 is 1.71 bits per heavy atom. The number of aromatic nitrogens is 1. The fourth-order valence-corrected chi connectivity index (χ4v) is 13.9. The molecule has 0 aliphatic heterocycles. The summed E-state index contributed by atoms with van der Waals surface area (Å²) >= 11 is 0. The quantitative estimate of drug-likeness (QED) is 0.177. The Bertz CT molecular complexity index is 2980. The van der Waals surface area contributed by atoms with Gasteiger partial charge in [-0.25, -0.2) is 0 Å². The van der Waals surface area contributed by atoms with Crippen LogP contribution in [0, 0.1) is 23.2 Å². The van der Waals surface area contributed by atoms with Crippen LogP contribution in [0.25, 0.3) is 71.5 Å². The molecule has 8 aromatic rings. The molecule has 2 heterocycles. The zero-order valence-corrected chi connectivity index (χ0v) is 34.0. The van der Waals surface area contributed by atoms with E-state index in [4.69, 9.17) is 0 Å². The van der Waals surface area contributed by atoms with Gasteiger partial charge in [0.2, 0.25) is 0 Å². The minimum absolute atomic E-state index is 0.0249. The first-order valence-electron chi connectivity index (χ1n) is 22.4. The van der Waals surface area contributed by atoms with Gasteiger partial charge in [-0.3, -0.25) is 0 Å². The zero-order valence-electron chi connectivity index (χ0n) is 34.0. The summed E-state index contributed by atoms with van der Waals surface area (Å²) in [5.74, 6) is 4.04. The van der Waals surface area contributed by atoms with Gasteiger partial charge < -0.3 is 4.40 Å². The summed E-state index contributed by atoms with van der Waals surface area (Å²) in [6.45, 7) is 7.05. The van der Waals surface area contributed by atoms with Gasteiger partial charge in [0.1, 0.15) is 0 Å². The first kappa shape index (κ1) is 33.6. The summed E-state index contributed by atoms with van der Waals surface area (Å²) in [5, 5.41) is 16.6. The molecule has 0 spiro atoms. The Hall–Kier alpha value is -5.39. The van der Waals surface area contributed by atoms with Crippen molar-refractivity contribution in [3.05, 3.63) is 137 Å². The summed E-state index contributed by atoms with van der Waals surface area (Å²) in [6.07, 6.45) is 11.8. The van der Waals surface area contributed by atoms with E-state index in [0.717, 1.165) is 17.4 Å². The van der Waals surface area contributed by atoms with Crippen LogP contribution < -0.4 is 0 Å². The molecule has 58 heavy (non-hydrogen) atoms. The Labute approximate surface area is 341 Å². The van der Waals surface area contributed by atoms with Crippen LogP contribution >= 0.6 is 0 Å². The van der Waals surface area contributed by atoms with Crippen LogP contribution in [-0.2, 0) is 5.41 Å². The molecule has 7 aliphatic rings. The molecule has 2 heteroatoms. The molecular weight excluding hydrogens is 701 g/mol. The second-order valence-electron chi connectivity index (χ2n) is 20.3. The number of nitriles is 1. The summed E-state index contributed by atoms with van der Waals surface area (Å²) in [5.41, 5.74) is 20.2. The standard InChI is InChI=1S/C56H50N2/c1-56(2,3)41-28-43(33-10-6-4-7-11-33)50(44(29-41)34-12-8-5-9-13-34)39-25-45-53-47(19-18-42-37-21-31-20-32(22-37)24-38(23-31)51(42)53)58-48-27-40(30-57)49-35-14-16-36(17-15-35)52(49)54(48)46(26-39)55(45)58/h4-13,18-19,25-29,31-32,35-38H,14-17,20-24H2,1-3H3. The van der Waals surface area contributed by atoms with Crippen LogP contribution in [0.1, 0.15) is 136 Å². The number of hydrogen-bond donors (Lipinski definition) is 0. The summed E-state index contributed by atoms with van der Waals surface area (Å²) in [6, 6.07) is 42.7. The first-order valence-corrected chi connectivity index (χ1v) is 22.4. The largest absolute Gasteiger partial charge is 0.308 e. The SMILES string of the molecule is CC(C)(C)c1cc(-c2ccccc2)c(-c2cc3c4c5c(ccc4n4c6cc(C#N)c7c(c6c(c2)c34)C2CCC7CC2)C2CC3CC(C2)CC5C3)c(-c2ccccc2)c1. The van der Waals surface area contributed by atoms with Crippen molar-refractivity contribution in [3.8, 4) is 39.4 Å². The maximum Gasteiger partial charge on any atom is 0.0995 e. The lowest BCUT2D eigenvalue weighted by Gasteiger charge is -2.39. The van der Waals surface area contributed by atoms with Crippen molar-refractivity contribution in [2.75, 3.05) is 0 Å². The monoisotopic (exact) mass is 750 g/mol. The third kappa shape index (κ3) is 4.54. The fourth-order valence-electron chi connectivity index (χ4n) is 13.9. The van der Waals surface area contributed by atoms with Crippen LogP contribution in [0.4, 0.5) is 0 Å². The van der Waals surface area contributed by atoms with Crippen LogP contribution in [0.2, 0.25) is 0 Å². The first-order chi connectivity index (χ1) is 28.3. The van der Waals surface area contributed by atoms with E-state index in [1.54, 1.807) is 11.1 Å². The number of nitrogens with zero attached hydrogens (tertiary/aromatic N) is 2. The molecule has 15 rings (SSSR count). The van der Waals surface area contributed by atoms with Gasteiger partial charge in [-0.1, -0.05) is 87.5 Å². The summed E-state index contributed by atoms with van der Waals surface area (Å²) < 4.78 is 2.64. The predicted octanol–water partition coefficient (Wildman–Crippen LogP) is 15.2. The average molecular weight is 751 g/mol. The summed E-state index contributed by atoms with van der Waals surface area (Å²) in [7, 11) is 0. The number of benzene rings is 6. The van der Waals surface area contributed by atoms with Gasteiger partial charge in [-0.15, -0.1) is 0 Å². The Morgan fingerprint density at radius 1 is 0.552 bits per heavy atom. The highest BCUT2D eigenvalue weighted by molar-refractivity contribution is 6.26. The van der Waals surface area contributed by atoms with Crippen LogP contribution in [0.5, 0.6) is 0 Å². The Morgan fingerprint density at radius 2 is 1.12 bits per heavy atom. The molecule has 3 saturated carbocycles. The highest BCUT2D eigenvalue weighted by Gasteiger charge is 2.44. The molecule has 6 aromatic carbocycles. The lowest BCUT2D eigenvalue weighted by molar-refractivity contribution is 0.166. The zero-order chi connectivity index (χ0) is 38.6. The van der Waals surface area contributed by atoms with E-state index in [2.05, 4.69) is 134 Å². The highest BCUT2D eigenvalue weighted by Crippen LogP contribution is 2.60. The molecule has 2 aromatic heterocycles. The molecule has 2 nitrogen and oxygen atoms in total. The molecule has 2 atom stereocenters. The van der Waals surface area contributed by atoms with Crippen molar-refractivity contribution in [2.45, 2.75) is 108 Å². The Balaban J connectivity index is 1.23. The van der Waals surface area contributed by atoms with E-state index in [1.807, 2.05) is 0 Å². The molecule has 2 unspecified atom stereocenters. The smallest absolute Gasteiger partial charge is 0.0995 e. The van der Waals surface area contributed by atoms with Gasteiger partial charge in [0.05, 0.1) is 28.2 Å². The molecular formula is C56H50N2. The molecule has 3 fully saturated rings. The van der Waals surface area contributed by atoms with Crippen molar-refractivity contribution in [3.63, 3.8) is 0 Å². The predicted molar refractivity (Wildman–Crippen MR) is 240 cm³/mol. The van der Waals surface area contributed by atoms with Gasteiger partial charge in [0.25, 0.3) is 0 Å². The van der Waals surface area contributed by atoms with Gasteiger partial charge >= 0.3 is 0 Å². The van der Waals surface area contributed by atoms with E-state index >= 15 is 0 Å². The van der Waals surface area contributed by atoms with Crippen LogP contribution in [0.15, 0.2) is 103 Å². The molecule has 284 valence electrons. The maximum atomic E-state index is 10.8. The number of rotatable bonds is 3. The van der Waals surface area contributed by atoms with Gasteiger partial charge in [-0.05, 0) is 196 Å². The molecule has 0 N–H and O–H groups in total. The fraction of sp³-hybridized carbons (Fsp3) is 0.339. The van der Waals surface area contributed by atoms with Crippen LogP contribution in [-0.4, -0.2) is 4.40 Å². The Kier molecular flexibility index (Phi) is 6.86. The normalized spacial score (nSPS) is 24.5. The average Bonchev–Trinajstić information content (AvgIpc) is 3.70. The van der Waals surface area contributed by atoms with Crippen molar-refractivity contribution < 1.29 is 0 Å². The number of hydrogen-bond acceptors (Lipinski definition) is 1. The molecule has 0 radical (unpaired) electrons. The second-order valence-corrected chi connectivity index (χ2v) is 20.3. The topological polar surface area (TPSA) is 28.2 Å². The maximum absolute atomic E-state index is 10.8. The molecule has 0 saturated heterocycles. The van der Waals surface area contributed by atoms with E-state index < -0.39 is 0 Å². The number of fused-ring (bicyclic) bond motifs is 8. The molecule has 7 aliphatic carbocycles. The van der Waals surface area contributed by atoms with Gasteiger partial charge in [0.15, 0.2) is 0 Å². The van der Waals surface area contributed by atoms with Crippen molar-refractivity contribution in [1.82, 2.24) is 4.40 Å². The second kappa shape index (κ2) is 11.9. The summed E-state index contributed by atoms with van der Waals surface area (Å²) in [4.78, 5) is 0. The van der Waals surface area contributed by atoms with Crippen molar-refractivity contribution >= 4 is 38.1 Å². The van der Waals surface area contributed by atoms with E-state index in [0.29, 0.717) is 23.7 Å². The minimum atomic E-state index is -0.0249. The third-order valence-corrected chi connectivity index (χ3v) is 16.1. The van der Waals surface area contributed by atoms with E-state index in [9.17, 15) is 5.26 Å². The van der Waals surface area contributed by atoms with Gasteiger partial charge in [0, 0.05) is 21.5 Å². The lowest BCUT2D eigenvalue weighted by Crippen LogP contribution is -2.25. The van der Waals surface area contributed by atoms with E-state index in [-0.39, 0.29) is 5.41 Å². The van der Waals surface area contributed by atoms with Gasteiger partial charge in [-0.2, -0.15) is 5.26 Å².